The molecule has 0 saturated carbocycles. The van der Waals surface area contributed by atoms with E-state index in [1.165, 1.54) is 101 Å². The van der Waals surface area contributed by atoms with Gasteiger partial charge < -0.3 is 31.8 Å². The van der Waals surface area contributed by atoms with Gasteiger partial charge in [0.2, 0.25) is 5.52 Å². The third kappa shape index (κ3) is 18.0. The van der Waals surface area contributed by atoms with Crippen LogP contribution in [-0.4, -0.2) is 43.3 Å². The van der Waals surface area contributed by atoms with Crippen LogP contribution in [0, 0.1) is 5.41 Å². The molecule has 0 aliphatic carbocycles. The second-order valence-corrected chi connectivity index (χ2v) is 14.5. The zero-order chi connectivity index (χ0) is 32.5. The van der Waals surface area contributed by atoms with E-state index in [0.717, 1.165) is 50.2 Å². The molecule has 8 heteroatoms. The Hall–Kier alpha value is -1.80. The number of benzene rings is 1. The third-order valence-corrected chi connectivity index (χ3v) is 10.9. The van der Waals surface area contributed by atoms with E-state index in [1.807, 2.05) is 0 Å². The lowest BCUT2D eigenvalue weighted by Gasteiger charge is -2.39. The van der Waals surface area contributed by atoms with Gasteiger partial charge in [-0.25, -0.2) is 4.79 Å². The third-order valence-electron chi connectivity index (χ3n) is 9.23. The van der Waals surface area contributed by atoms with E-state index in [9.17, 15) is 9.59 Å². The molecule has 1 amide bonds. The molecule has 0 bridgehead atoms. The molecule has 1 saturated heterocycles. The van der Waals surface area contributed by atoms with E-state index in [0.29, 0.717) is 26.2 Å². The highest BCUT2D eigenvalue weighted by atomic mass is 79.9. The number of halogens is 1. The van der Waals surface area contributed by atoms with Gasteiger partial charge in [-0.2, -0.15) is 16.3 Å². The van der Waals surface area contributed by atoms with Crippen LogP contribution < -0.4 is 26.9 Å². The van der Waals surface area contributed by atoms with E-state index in [2.05, 4.69) is 59.4 Å². The number of amides is 1. The summed E-state index contributed by atoms with van der Waals surface area (Å²) in [5.41, 5.74) is 1.00. The molecule has 1 aromatic heterocycles. The summed E-state index contributed by atoms with van der Waals surface area (Å²) in [6.45, 7) is 4.52. The van der Waals surface area contributed by atoms with Gasteiger partial charge in [0.05, 0.1) is 5.41 Å². The van der Waals surface area contributed by atoms with Crippen molar-refractivity contribution < 1.29 is 40.6 Å². The standard InChI is InChI=1S/C39H62N2O4S.BrH/c1-2-3-4-5-6-7-8-9-10-11-12-13-14-15-16-21-28-40-38(43)45-32-39(33-46-34-39)31-44-37(42)27-18-17-22-29-41-30-23-25-35-24-19-20-26-36(35)41;/h19-20,23-26,30H,2-18,21-22,27-29,31-34H2,1H3;1H. The molecule has 0 radical (unpaired) electrons. The van der Waals surface area contributed by atoms with Crippen molar-refractivity contribution in [3.05, 3.63) is 42.6 Å². The number of hydrogen-bond acceptors (Lipinski definition) is 5. The largest absolute Gasteiger partial charge is 1.00 e. The Balaban J connectivity index is 0.00000768. The highest BCUT2D eigenvalue weighted by Crippen LogP contribution is 2.38. The van der Waals surface area contributed by atoms with Crippen LogP contribution >= 0.6 is 11.8 Å². The number of hydrogen-bond donors (Lipinski definition) is 1. The Morgan fingerprint density at radius 1 is 0.723 bits per heavy atom. The van der Waals surface area contributed by atoms with Crippen molar-refractivity contribution in [3.8, 4) is 0 Å². The Labute approximate surface area is 300 Å². The topological polar surface area (TPSA) is 68.5 Å². The van der Waals surface area contributed by atoms with Crippen LogP contribution in [-0.2, 0) is 20.8 Å². The number of para-hydroxylation sites is 1. The highest BCUT2D eigenvalue weighted by Gasteiger charge is 2.40. The molecular weight excluding hydrogens is 672 g/mol. The summed E-state index contributed by atoms with van der Waals surface area (Å²) in [6, 6.07) is 12.6. The maximum Gasteiger partial charge on any atom is 0.407 e. The number of carbonyl (C=O) groups excluding carboxylic acids is 2. The number of ether oxygens (including phenoxy) is 2. The summed E-state index contributed by atoms with van der Waals surface area (Å²) in [5.74, 6) is 1.56. The summed E-state index contributed by atoms with van der Waals surface area (Å²) < 4.78 is 13.5. The summed E-state index contributed by atoms with van der Waals surface area (Å²) in [4.78, 5) is 24.7. The number of rotatable bonds is 27. The molecule has 2 aromatic rings. The first kappa shape index (κ1) is 41.4. The van der Waals surface area contributed by atoms with Crippen LogP contribution in [0.25, 0.3) is 10.9 Å². The fraction of sp³-hybridized carbons (Fsp3) is 0.718. The second kappa shape index (κ2) is 26.1. The molecule has 1 fully saturated rings. The van der Waals surface area contributed by atoms with Crippen LogP contribution in [0.15, 0.2) is 42.6 Å². The van der Waals surface area contributed by atoms with Crippen molar-refractivity contribution in [3.63, 3.8) is 0 Å². The fourth-order valence-corrected chi connectivity index (χ4v) is 7.30. The molecule has 6 nitrogen and oxygen atoms in total. The maximum absolute atomic E-state index is 12.4. The number of alkyl carbamates (subject to hydrolysis) is 1. The average Bonchev–Trinajstić information content (AvgIpc) is 3.05. The predicted molar refractivity (Wildman–Crippen MR) is 192 cm³/mol. The minimum absolute atomic E-state index is 0. The number of carbonyl (C=O) groups is 2. The number of nitrogens with one attached hydrogen (secondary N) is 1. The maximum atomic E-state index is 12.4. The van der Waals surface area contributed by atoms with Crippen molar-refractivity contribution >= 4 is 34.7 Å². The van der Waals surface area contributed by atoms with Gasteiger partial charge in [0.15, 0.2) is 6.20 Å². The number of thioether (sulfide) groups is 1. The van der Waals surface area contributed by atoms with Gasteiger partial charge in [0.25, 0.3) is 0 Å². The first-order valence-electron chi connectivity index (χ1n) is 18.6. The number of fused-ring (bicyclic) bond motifs is 1. The molecule has 0 spiro atoms. The Kier molecular flexibility index (Phi) is 23.0. The monoisotopic (exact) mass is 734 g/mol. The molecule has 1 aliphatic rings. The first-order chi connectivity index (χ1) is 22.6. The van der Waals surface area contributed by atoms with Crippen molar-refractivity contribution in [1.82, 2.24) is 5.32 Å². The lowest BCUT2D eigenvalue weighted by Crippen LogP contribution is -3.00. The van der Waals surface area contributed by atoms with Gasteiger partial charge in [0, 0.05) is 48.4 Å². The normalized spacial score (nSPS) is 13.5. The van der Waals surface area contributed by atoms with E-state index in [4.69, 9.17) is 9.47 Å². The van der Waals surface area contributed by atoms with Gasteiger partial charge in [-0.1, -0.05) is 115 Å². The van der Waals surface area contributed by atoms with E-state index >= 15 is 0 Å². The molecule has 1 N–H and O–H groups in total. The molecule has 0 atom stereocenters. The Morgan fingerprint density at radius 3 is 1.89 bits per heavy atom. The van der Waals surface area contributed by atoms with Crippen LogP contribution in [0.5, 0.6) is 0 Å². The number of pyridine rings is 1. The first-order valence-corrected chi connectivity index (χ1v) is 19.8. The second-order valence-electron chi connectivity index (χ2n) is 13.5. The van der Waals surface area contributed by atoms with Crippen molar-refractivity contribution in [2.24, 2.45) is 5.41 Å². The molecule has 1 aromatic carbocycles. The molecule has 2 heterocycles. The van der Waals surface area contributed by atoms with Crippen LogP contribution in [0.2, 0.25) is 0 Å². The van der Waals surface area contributed by atoms with Gasteiger partial charge in [-0.05, 0) is 31.4 Å². The van der Waals surface area contributed by atoms with Gasteiger partial charge in [0.1, 0.15) is 19.8 Å². The van der Waals surface area contributed by atoms with Gasteiger partial charge in [-0.3, -0.25) is 4.79 Å². The van der Waals surface area contributed by atoms with E-state index in [1.54, 1.807) is 11.8 Å². The van der Waals surface area contributed by atoms with E-state index in [-0.39, 0.29) is 34.5 Å². The molecule has 47 heavy (non-hydrogen) atoms. The van der Waals surface area contributed by atoms with Crippen molar-refractivity contribution in [2.45, 2.75) is 142 Å². The highest BCUT2D eigenvalue weighted by molar-refractivity contribution is 8.00. The Bertz CT molecular complexity index is 1110. The van der Waals surface area contributed by atoms with Crippen molar-refractivity contribution in [1.29, 1.82) is 0 Å². The summed E-state index contributed by atoms with van der Waals surface area (Å²) in [7, 11) is 0. The molecule has 0 unspecified atom stereocenters. The molecular formula is C39H63BrN2O4S. The minimum atomic E-state index is -0.354. The van der Waals surface area contributed by atoms with Crippen LogP contribution in [0.3, 0.4) is 0 Å². The van der Waals surface area contributed by atoms with E-state index < -0.39 is 0 Å². The average molecular weight is 736 g/mol. The molecule has 1 aliphatic heterocycles. The number of aryl methyl sites for hydroxylation is 1. The SMILES string of the molecule is CCCCCCCCCCCCCCCCCCNC(=O)OCC1(COC(=O)CCCCC[n+]2cccc3ccccc32)CSC1.[Br-]. The number of aromatic nitrogens is 1. The zero-order valence-corrected chi connectivity index (χ0v) is 31.7. The van der Waals surface area contributed by atoms with Gasteiger partial charge in [-0.15, -0.1) is 0 Å². The number of nitrogens with zero attached hydrogens (tertiary/aromatic N) is 1. The van der Waals surface area contributed by atoms with Gasteiger partial charge >= 0.3 is 12.1 Å². The summed E-state index contributed by atoms with van der Waals surface area (Å²) in [6.07, 6.45) is 26.5. The van der Waals surface area contributed by atoms with Crippen molar-refractivity contribution in [2.75, 3.05) is 31.3 Å². The number of unbranched alkanes of at least 4 members (excludes halogenated alkanes) is 17. The zero-order valence-electron chi connectivity index (χ0n) is 29.3. The summed E-state index contributed by atoms with van der Waals surface area (Å²) >= 11 is 1.81. The smallest absolute Gasteiger partial charge is 0.407 e. The molecule has 266 valence electrons. The summed E-state index contributed by atoms with van der Waals surface area (Å²) in [5, 5.41) is 4.15. The predicted octanol–water partition coefficient (Wildman–Crippen LogP) is 6.96. The minimum Gasteiger partial charge on any atom is -1.00 e. The fourth-order valence-electron chi connectivity index (χ4n) is 6.18. The quantitative estimate of drug-likeness (QED) is 0.0611. The van der Waals surface area contributed by atoms with Crippen LogP contribution in [0.4, 0.5) is 4.79 Å². The van der Waals surface area contributed by atoms with Crippen LogP contribution in [0.1, 0.15) is 135 Å². The lowest BCUT2D eigenvalue weighted by atomic mass is 9.94. The molecule has 3 rings (SSSR count). The lowest BCUT2D eigenvalue weighted by molar-refractivity contribution is -0.671. The Morgan fingerprint density at radius 2 is 1.28 bits per heavy atom. The number of esters is 1.